The van der Waals surface area contributed by atoms with Gasteiger partial charge >= 0.3 is 0 Å². The van der Waals surface area contributed by atoms with E-state index in [9.17, 15) is 0 Å². The van der Waals surface area contributed by atoms with Crippen LogP contribution in [0.3, 0.4) is 0 Å². The van der Waals surface area contributed by atoms with Gasteiger partial charge in [0.05, 0.1) is 24.9 Å². The fourth-order valence-electron chi connectivity index (χ4n) is 2.52. The Kier molecular flexibility index (Phi) is 4.46. The standard InChI is InChI=1S/C15H22ClNO2/c1-9(2)10-5-11(6-10)17-13-8-14(18-3)12(16)7-15(13)19-4/h7-11,17H,5-6H2,1-4H3. The third-order valence-corrected chi connectivity index (χ3v) is 4.25. The fraction of sp³-hybridized carbons (Fsp3) is 0.600. The maximum atomic E-state index is 6.10. The molecule has 1 aliphatic carbocycles. The van der Waals surface area contributed by atoms with E-state index >= 15 is 0 Å². The van der Waals surface area contributed by atoms with Gasteiger partial charge in [-0.25, -0.2) is 0 Å². The van der Waals surface area contributed by atoms with E-state index in [0.717, 1.165) is 23.3 Å². The van der Waals surface area contributed by atoms with Crippen molar-refractivity contribution in [2.75, 3.05) is 19.5 Å². The van der Waals surface area contributed by atoms with Gasteiger partial charge in [0.2, 0.25) is 0 Å². The molecule has 1 N–H and O–H groups in total. The van der Waals surface area contributed by atoms with Crippen molar-refractivity contribution in [3.8, 4) is 11.5 Å². The summed E-state index contributed by atoms with van der Waals surface area (Å²) in [6.45, 7) is 4.57. The molecule has 0 saturated heterocycles. The molecule has 0 bridgehead atoms. The molecule has 0 aliphatic heterocycles. The Morgan fingerprint density at radius 1 is 1.16 bits per heavy atom. The molecule has 1 aromatic rings. The summed E-state index contributed by atoms with van der Waals surface area (Å²) in [6.07, 6.45) is 2.43. The second kappa shape index (κ2) is 5.91. The molecule has 19 heavy (non-hydrogen) atoms. The molecule has 0 heterocycles. The number of ether oxygens (including phenoxy) is 2. The summed E-state index contributed by atoms with van der Waals surface area (Å²) in [5.74, 6) is 3.03. The highest BCUT2D eigenvalue weighted by atomic mass is 35.5. The molecule has 4 heteroatoms. The predicted molar refractivity (Wildman–Crippen MR) is 79.5 cm³/mol. The summed E-state index contributed by atoms with van der Waals surface area (Å²) in [7, 11) is 3.27. The van der Waals surface area contributed by atoms with Crippen molar-refractivity contribution in [2.24, 2.45) is 11.8 Å². The summed E-state index contributed by atoms with van der Waals surface area (Å²) < 4.78 is 10.6. The molecule has 1 fully saturated rings. The quantitative estimate of drug-likeness (QED) is 0.878. The largest absolute Gasteiger partial charge is 0.495 e. The van der Waals surface area contributed by atoms with E-state index in [1.54, 1.807) is 20.3 Å². The molecule has 1 aromatic carbocycles. The summed E-state index contributed by atoms with van der Waals surface area (Å²) in [4.78, 5) is 0. The van der Waals surface area contributed by atoms with Crippen LogP contribution in [-0.2, 0) is 0 Å². The molecule has 0 unspecified atom stereocenters. The number of hydrogen-bond acceptors (Lipinski definition) is 3. The molecule has 0 aromatic heterocycles. The summed E-state index contributed by atoms with van der Waals surface area (Å²) in [5, 5.41) is 4.09. The monoisotopic (exact) mass is 283 g/mol. The topological polar surface area (TPSA) is 30.5 Å². The van der Waals surface area contributed by atoms with Crippen LogP contribution >= 0.6 is 11.6 Å². The zero-order valence-electron chi connectivity index (χ0n) is 12.0. The molecular weight excluding hydrogens is 262 g/mol. The Bertz CT molecular complexity index is 442. The van der Waals surface area contributed by atoms with Crippen molar-refractivity contribution in [3.63, 3.8) is 0 Å². The lowest BCUT2D eigenvalue weighted by atomic mass is 9.73. The van der Waals surface area contributed by atoms with Crippen molar-refractivity contribution >= 4 is 17.3 Å². The number of rotatable bonds is 5. The van der Waals surface area contributed by atoms with Crippen LogP contribution in [-0.4, -0.2) is 20.3 Å². The third kappa shape index (κ3) is 3.08. The molecule has 0 amide bonds. The van der Waals surface area contributed by atoms with Gasteiger partial charge in [0.1, 0.15) is 11.5 Å². The number of halogens is 1. The first-order valence-corrected chi connectivity index (χ1v) is 7.11. The van der Waals surface area contributed by atoms with Gasteiger partial charge in [-0.1, -0.05) is 25.4 Å². The summed E-state index contributed by atoms with van der Waals surface area (Å²) in [5.41, 5.74) is 0.955. The van der Waals surface area contributed by atoms with Gasteiger partial charge in [-0.2, -0.15) is 0 Å². The van der Waals surface area contributed by atoms with Crippen molar-refractivity contribution in [1.29, 1.82) is 0 Å². The predicted octanol–water partition coefficient (Wildman–Crippen LogP) is 4.20. The minimum atomic E-state index is 0.521. The third-order valence-electron chi connectivity index (χ3n) is 3.95. The number of hydrogen-bond donors (Lipinski definition) is 1. The van der Waals surface area contributed by atoms with Crippen LogP contribution in [0, 0.1) is 11.8 Å². The molecule has 3 nitrogen and oxygen atoms in total. The Morgan fingerprint density at radius 2 is 1.79 bits per heavy atom. The van der Waals surface area contributed by atoms with Crippen LogP contribution in [0.1, 0.15) is 26.7 Å². The van der Waals surface area contributed by atoms with Gasteiger partial charge in [-0.15, -0.1) is 0 Å². The highest BCUT2D eigenvalue weighted by Gasteiger charge is 2.31. The SMILES string of the molecule is COc1cc(NC2CC(C(C)C)C2)c(OC)cc1Cl. The van der Waals surface area contributed by atoms with Crippen LogP contribution in [0.5, 0.6) is 11.5 Å². The zero-order valence-corrected chi connectivity index (χ0v) is 12.8. The van der Waals surface area contributed by atoms with Gasteiger partial charge in [-0.3, -0.25) is 0 Å². The van der Waals surface area contributed by atoms with Gasteiger partial charge in [-0.05, 0) is 24.7 Å². The van der Waals surface area contributed by atoms with Gasteiger partial charge in [0.25, 0.3) is 0 Å². The van der Waals surface area contributed by atoms with E-state index in [1.807, 2.05) is 6.07 Å². The van der Waals surface area contributed by atoms with E-state index in [1.165, 1.54) is 12.8 Å². The Morgan fingerprint density at radius 3 is 2.32 bits per heavy atom. The van der Waals surface area contributed by atoms with Crippen molar-refractivity contribution in [3.05, 3.63) is 17.2 Å². The molecule has 1 aliphatic rings. The van der Waals surface area contributed by atoms with Crippen molar-refractivity contribution in [1.82, 2.24) is 0 Å². The molecule has 2 rings (SSSR count). The Balaban J connectivity index is 2.07. The normalized spacial score (nSPS) is 22.0. The first kappa shape index (κ1) is 14.3. The van der Waals surface area contributed by atoms with Gasteiger partial charge < -0.3 is 14.8 Å². The fourth-order valence-corrected chi connectivity index (χ4v) is 2.75. The lowest BCUT2D eigenvalue weighted by molar-refractivity contribution is 0.211. The average molecular weight is 284 g/mol. The van der Waals surface area contributed by atoms with Gasteiger partial charge in [0.15, 0.2) is 0 Å². The highest BCUT2D eigenvalue weighted by molar-refractivity contribution is 6.32. The minimum Gasteiger partial charge on any atom is -0.495 e. The molecule has 106 valence electrons. The van der Waals surface area contributed by atoms with Crippen LogP contribution < -0.4 is 14.8 Å². The van der Waals surface area contributed by atoms with E-state index in [-0.39, 0.29) is 0 Å². The Hall–Kier alpha value is -1.09. The van der Waals surface area contributed by atoms with Gasteiger partial charge in [0, 0.05) is 18.2 Å². The molecule has 0 radical (unpaired) electrons. The van der Waals surface area contributed by atoms with E-state index in [0.29, 0.717) is 16.8 Å². The summed E-state index contributed by atoms with van der Waals surface area (Å²) in [6, 6.07) is 4.22. The highest BCUT2D eigenvalue weighted by Crippen LogP contribution is 2.40. The van der Waals surface area contributed by atoms with Crippen molar-refractivity contribution in [2.45, 2.75) is 32.7 Å². The zero-order chi connectivity index (χ0) is 14.0. The average Bonchev–Trinajstić information content (AvgIpc) is 2.33. The lowest BCUT2D eigenvalue weighted by Gasteiger charge is -2.39. The van der Waals surface area contributed by atoms with E-state index in [4.69, 9.17) is 21.1 Å². The maximum absolute atomic E-state index is 6.10. The van der Waals surface area contributed by atoms with Crippen LogP contribution in [0.15, 0.2) is 12.1 Å². The first-order valence-electron chi connectivity index (χ1n) is 6.73. The Labute approximate surface area is 120 Å². The number of nitrogens with one attached hydrogen (secondary N) is 1. The molecule has 0 atom stereocenters. The number of methoxy groups -OCH3 is 2. The molecule has 0 spiro atoms. The molecular formula is C15H22ClNO2. The second-order valence-corrected chi connectivity index (χ2v) is 5.91. The van der Waals surface area contributed by atoms with Crippen molar-refractivity contribution < 1.29 is 9.47 Å². The number of anilines is 1. The molecule has 1 saturated carbocycles. The van der Waals surface area contributed by atoms with E-state index in [2.05, 4.69) is 19.2 Å². The lowest BCUT2D eigenvalue weighted by Crippen LogP contribution is -2.37. The first-order chi connectivity index (χ1) is 9.05. The smallest absolute Gasteiger partial charge is 0.143 e. The maximum Gasteiger partial charge on any atom is 0.143 e. The number of benzene rings is 1. The second-order valence-electron chi connectivity index (χ2n) is 5.50. The summed E-state index contributed by atoms with van der Waals surface area (Å²) >= 11 is 6.10. The van der Waals surface area contributed by atoms with Crippen LogP contribution in [0.4, 0.5) is 5.69 Å². The van der Waals surface area contributed by atoms with E-state index < -0.39 is 0 Å². The van der Waals surface area contributed by atoms with Crippen LogP contribution in [0.2, 0.25) is 5.02 Å². The van der Waals surface area contributed by atoms with Crippen LogP contribution in [0.25, 0.3) is 0 Å². The minimum absolute atomic E-state index is 0.521.